The Balaban J connectivity index is 1.70. The first-order chi connectivity index (χ1) is 26.5. The van der Waals surface area contributed by atoms with Gasteiger partial charge in [0.15, 0.2) is 0 Å². The van der Waals surface area contributed by atoms with Crippen molar-refractivity contribution >= 4 is 23.6 Å². The van der Waals surface area contributed by atoms with Crippen LogP contribution in [0.5, 0.6) is 23.0 Å². The van der Waals surface area contributed by atoms with E-state index in [4.69, 9.17) is 18.9 Å². The number of alkyl carbamates (subject to hydrolysis) is 1. The van der Waals surface area contributed by atoms with E-state index in [0.29, 0.717) is 45.1 Å². The van der Waals surface area contributed by atoms with Crippen molar-refractivity contribution < 1.29 is 52.9 Å². The first kappa shape index (κ1) is 42.3. The summed E-state index contributed by atoms with van der Waals surface area (Å²) in [6.45, 7) is 4.29. The molecule has 3 amide bonds. The van der Waals surface area contributed by atoms with E-state index in [1.807, 2.05) is 0 Å². The van der Waals surface area contributed by atoms with Gasteiger partial charge in [0, 0.05) is 36.2 Å². The highest BCUT2D eigenvalue weighted by Crippen LogP contribution is 2.42. The molecule has 2 atom stereocenters. The van der Waals surface area contributed by atoms with E-state index in [2.05, 4.69) is 16.0 Å². The van der Waals surface area contributed by atoms with Crippen molar-refractivity contribution in [3.05, 3.63) is 111 Å². The van der Waals surface area contributed by atoms with Gasteiger partial charge < -0.3 is 45.1 Å². The van der Waals surface area contributed by atoms with Gasteiger partial charge in [-0.25, -0.2) is 4.79 Å². The van der Waals surface area contributed by atoms with Crippen molar-refractivity contribution in [3.8, 4) is 34.1 Å². The van der Waals surface area contributed by atoms with Crippen LogP contribution in [0.25, 0.3) is 11.1 Å². The number of nitrogens with one attached hydrogen (secondary N) is 3. The van der Waals surface area contributed by atoms with Crippen LogP contribution in [0.1, 0.15) is 49.1 Å². The highest BCUT2D eigenvalue weighted by molar-refractivity contribution is 5.87. The van der Waals surface area contributed by atoms with E-state index < -0.39 is 58.6 Å². The van der Waals surface area contributed by atoms with Gasteiger partial charge in [-0.05, 0) is 79.4 Å². The van der Waals surface area contributed by atoms with Crippen molar-refractivity contribution in [1.29, 1.82) is 0 Å². The van der Waals surface area contributed by atoms with Crippen molar-refractivity contribution in [2.45, 2.75) is 57.8 Å². The number of nitro benzene ring substituents is 1. The fraction of sp³-hybridized carbons (Fsp3) is 0.325. The molecule has 15 nitrogen and oxygen atoms in total. The van der Waals surface area contributed by atoms with Gasteiger partial charge in [-0.3, -0.25) is 19.7 Å². The fourth-order valence-corrected chi connectivity index (χ4v) is 5.86. The second-order valence-corrected chi connectivity index (χ2v) is 13.6. The summed E-state index contributed by atoms with van der Waals surface area (Å²) in [4.78, 5) is 50.2. The highest BCUT2D eigenvalue weighted by Gasteiger charge is 2.28. The zero-order valence-corrected chi connectivity index (χ0v) is 31.8. The summed E-state index contributed by atoms with van der Waals surface area (Å²) in [7, 11) is 4.35. The summed E-state index contributed by atoms with van der Waals surface area (Å²) < 4.78 is 36.5. The minimum Gasteiger partial charge on any atom is -0.508 e. The lowest BCUT2D eigenvalue weighted by Gasteiger charge is -2.24. The van der Waals surface area contributed by atoms with E-state index in [9.17, 15) is 39.1 Å². The third-order valence-electron chi connectivity index (χ3n) is 8.41. The molecule has 56 heavy (non-hydrogen) atoms. The van der Waals surface area contributed by atoms with Gasteiger partial charge in [0.2, 0.25) is 17.6 Å². The van der Waals surface area contributed by atoms with Crippen LogP contribution in [0.3, 0.4) is 0 Å². The predicted molar refractivity (Wildman–Crippen MR) is 203 cm³/mol. The van der Waals surface area contributed by atoms with Crippen LogP contribution in [0.2, 0.25) is 0 Å². The average molecular weight is 777 g/mol. The van der Waals surface area contributed by atoms with Crippen molar-refractivity contribution in [1.82, 2.24) is 16.0 Å². The second kappa shape index (κ2) is 18.8. The molecule has 0 aliphatic carbocycles. The standard InChI is InChI=1S/C40H45FN4O11/c1-40(2,3)56-39(50)44-31(15-24-10-12-30(41)33(16-24)45(51)52)38(49)42-21-26-18-28(53-4)20-35(55-6)37(26)29-19-25(11-13-34(29)54-5)32(22-46)43-36(48)17-23-8-7-9-27(47)14-23/h7-14,16,18-20,31-32,46-47H,15,17,21-22H2,1-6H3,(H,42,49)(H,43,48)(H,44,50)/t31-,32-/m0/s1. The SMILES string of the molecule is COc1cc(CNC(=O)[C@H](Cc2ccc(F)c([N+](=O)[O-])c2)NC(=O)OC(C)(C)C)c(-c2cc([C@H](CO)NC(=O)Cc3cccc(O)c3)ccc2OC)c(OC)c1. The number of nitrogens with zero attached hydrogens (tertiary/aromatic N) is 1. The number of hydrogen-bond acceptors (Lipinski definition) is 11. The molecule has 0 aliphatic heterocycles. The number of methoxy groups -OCH3 is 3. The minimum absolute atomic E-state index is 0.0169. The number of ether oxygens (including phenoxy) is 4. The number of nitro groups is 1. The molecule has 4 aromatic carbocycles. The molecule has 0 bridgehead atoms. The number of amides is 3. The lowest BCUT2D eigenvalue weighted by Crippen LogP contribution is -2.49. The fourth-order valence-electron chi connectivity index (χ4n) is 5.86. The Morgan fingerprint density at radius 1 is 0.893 bits per heavy atom. The Kier molecular flexibility index (Phi) is 14.2. The van der Waals surface area contributed by atoms with Gasteiger partial charge in [-0.15, -0.1) is 0 Å². The van der Waals surface area contributed by atoms with E-state index in [0.717, 1.165) is 12.1 Å². The zero-order valence-electron chi connectivity index (χ0n) is 31.8. The molecule has 0 radical (unpaired) electrons. The third kappa shape index (κ3) is 11.3. The van der Waals surface area contributed by atoms with Gasteiger partial charge in [0.05, 0.1) is 45.3 Å². The molecule has 4 aromatic rings. The van der Waals surface area contributed by atoms with Gasteiger partial charge in [-0.2, -0.15) is 4.39 Å². The predicted octanol–water partition coefficient (Wildman–Crippen LogP) is 5.28. The number of hydrogen-bond donors (Lipinski definition) is 5. The first-order valence-corrected chi connectivity index (χ1v) is 17.4. The van der Waals surface area contributed by atoms with Crippen LogP contribution in [0.15, 0.2) is 72.8 Å². The quantitative estimate of drug-likeness (QED) is 0.0731. The van der Waals surface area contributed by atoms with Gasteiger partial charge in [-0.1, -0.05) is 24.3 Å². The Morgan fingerprint density at radius 2 is 1.62 bits per heavy atom. The van der Waals surface area contributed by atoms with Crippen LogP contribution in [0, 0.1) is 15.9 Å². The van der Waals surface area contributed by atoms with E-state index in [1.165, 1.54) is 39.5 Å². The normalized spacial score (nSPS) is 12.1. The van der Waals surface area contributed by atoms with Crippen molar-refractivity contribution in [3.63, 3.8) is 0 Å². The van der Waals surface area contributed by atoms with Crippen LogP contribution >= 0.6 is 0 Å². The molecule has 0 heterocycles. The van der Waals surface area contributed by atoms with Gasteiger partial charge in [0.1, 0.15) is 34.6 Å². The molecule has 0 unspecified atom stereocenters. The summed E-state index contributed by atoms with van der Waals surface area (Å²) in [5.74, 6) is -1.06. The Hall–Kier alpha value is -6.42. The van der Waals surface area contributed by atoms with Crippen LogP contribution in [-0.4, -0.2) is 72.6 Å². The molecular weight excluding hydrogens is 731 g/mol. The van der Waals surface area contributed by atoms with Gasteiger partial charge >= 0.3 is 11.8 Å². The van der Waals surface area contributed by atoms with E-state index in [1.54, 1.807) is 63.2 Å². The lowest BCUT2D eigenvalue weighted by atomic mass is 9.93. The number of phenols is 1. The number of aliphatic hydroxyl groups is 1. The highest BCUT2D eigenvalue weighted by atomic mass is 19.1. The molecule has 298 valence electrons. The Morgan fingerprint density at radius 3 is 2.25 bits per heavy atom. The molecule has 16 heteroatoms. The number of halogens is 1. The number of aromatic hydroxyl groups is 1. The summed E-state index contributed by atoms with van der Waals surface area (Å²) in [6, 6.07) is 15.6. The molecule has 0 fully saturated rings. The maximum absolute atomic E-state index is 14.1. The summed E-state index contributed by atoms with van der Waals surface area (Å²) >= 11 is 0. The van der Waals surface area contributed by atoms with Gasteiger partial charge in [0.25, 0.3) is 0 Å². The number of aliphatic hydroxyl groups excluding tert-OH is 1. The maximum atomic E-state index is 14.1. The summed E-state index contributed by atoms with van der Waals surface area (Å²) in [5.41, 5.74) is 0.976. The largest absolute Gasteiger partial charge is 0.508 e. The first-order valence-electron chi connectivity index (χ1n) is 17.4. The molecule has 4 rings (SSSR count). The zero-order chi connectivity index (χ0) is 41.2. The van der Waals surface area contributed by atoms with E-state index in [-0.39, 0.29) is 30.7 Å². The number of benzene rings is 4. The van der Waals surface area contributed by atoms with Crippen molar-refractivity contribution in [2.24, 2.45) is 0 Å². The smallest absolute Gasteiger partial charge is 0.408 e. The second-order valence-electron chi connectivity index (χ2n) is 13.6. The van der Waals surface area contributed by atoms with Crippen LogP contribution < -0.4 is 30.2 Å². The maximum Gasteiger partial charge on any atom is 0.408 e. The van der Waals surface area contributed by atoms with E-state index >= 15 is 0 Å². The molecule has 0 aliphatic rings. The molecule has 0 saturated carbocycles. The monoisotopic (exact) mass is 776 g/mol. The molecule has 0 spiro atoms. The molecule has 5 N–H and O–H groups in total. The number of rotatable bonds is 16. The minimum atomic E-state index is -1.32. The van der Waals surface area contributed by atoms with Crippen LogP contribution in [-0.2, 0) is 33.7 Å². The number of carbonyl (C=O) groups excluding carboxylic acids is 3. The summed E-state index contributed by atoms with van der Waals surface area (Å²) in [6.07, 6.45) is -1.23. The third-order valence-corrected chi connectivity index (χ3v) is 8.41. The summed E-state index contributed by atoms with van der Waals surface area (Å²) in [5, 5.41) is 39.7. The molecule has 0 aromatic heterocycles. The number of phenolic OH excluding ortho intramolecular Hbond substituents is 1. The lowest BCUT2D eigenvalue weighted by molar-refractivity contribution is -0.387. The number of carbonyl (C=O) groups is 3. The Labute approximate surface area is 322 Å². The van der Waals surface area contributed by atoms with Crippen molar-refractivity contribution in [2.75, 3.05) is 27.9 Å². The molecular formula is C40H45FN4O11. The molecule has 0 saturated heterocycles. The average Bonchev–Trinajstić information content (AvgIpc) is 3.14. The topological polar surface area (TPSA) is 208 Å². The Bertz CT molecular complexity index is 2070. The van der Waals surface area contributed by atoms with Crippen LogP contribution in [0.4, 0.5) is 14.9 Å².